The van der Waals surface area contributed by atoms with Crippen molar-refractivity contribution >= 4 is 35.2 Å². The van der Waals surface area contributed by atoms with E-state index in [1.54, 1.807) is 18.2 Å². The number of hydrogen-bond acceptors (Lipinski definition) is 6. The second-order valence-corrected chi connectivity index (χ2v) is 10.6. The zero-order valence-electron chi connectivity index (χ0n) is 21.7. The third kappa shape index (κ3) is 7.13. The topological polar surface area (TPSA) is 123 Å². The third-order valence-corrected chi connectivity index (χ3v) is 6.43. The molecule has 2 aliphatic rings. The summed E-state index contributed by atoms with van der Waals surface area (Å²) in [6.07, 6.45) is -0.715. The van der Waals surface area contributed by atoms with E-state index in [1.165, 1.54) is 0 Å². The Morgan fingerprint density at radius 2 is 1.65 bits per heavy atom. The first-order valence-electron chi connectivity index (χ1n) is 12.5. The number of carboxylic acid groups (broad SMARTS) is 1. The molecular formula is C27H35N5O5. The maximum atomic E-state index is 13.0. The second-order valence-electron chi connectivity index (χ2n) is 10.6. The van der Waals surface area contributed by atoms with E-state index >= 15 is 0 Å². The Kier molecular flexibility index (Phi) is 7.58. The van der Waals surface area contributed by atoms with Gasteiger partial charge in [0.25, 0.3) is 5.91 Å². The minimum absolute atomic E-state index is 0.0428. The molecule has 37 heavy (non-hydrogen) atoms. The number of carbonyl (C=O) groups excluding carboxylic acids is 2. The molecule has 4 N–H and O–H groups in total. The average molecular weight is 510 g/mol. The lowest BCUT2D eigenvalue weighted by molar-refractivity contribution is 0.0522. The fourth-order valence-electron chi connectivity index (χ4n) is 4.40. The summed E-state index contributed by atoms with van der Waals surface area (Å²) in [7, 11) is 2.05. The first-order chi connectivity index (χ1) is 17.5. The van der Waals surface area contributed by atoms with Gasteiger partial charge in [-0.2, -0.15) is 0 Å². The SMILES string of the molecule is CN1CCN(c2cc(C(=O)Nc3ccc([C@@H]4C[C@H]4NC(=O)OC(C)(C)C)cc3)ccc2NC(=O)O)CC1. The third-order valence-electron chi connectivity index (χ3n) is 6.43. The number of nitrogens with one attached hydrogen (secondary N) is 3. The summed E-state index contributed by atoms with van der Waals surface area (Å²) in [6, 6.07) is 12.6. The highest BCUT2D eigenvalue weighted by Gasteiger charge is 2.40. The van der Waals surface area contributed by atoms with E-state index in [2.05, 4.69) is 25.8 Å². The maximum Gasteiger partial charge on any atom is 0.409 e. The molecule has 1 saturated heterocycles. The highest BCUT2D eigenvalue weighted by atomic mass is 16.6. The molecule has 2 atom stereocenters. The van der Waals surface area contributed by atoms with Gasteiger partial charge in [-0.15, -0.1) is 0 Å². The number of benzene rings is 2. The van der Waals surface area contributed by atoms with Gasteiger partial charge in [0.1, 0.15) is 5.60 Å². The van der Waals surface area contributed by atoms with Crippen molar-refractivity contribution in [3.63, 3.8) is 0 Å². The molecule has 0 bridgehead atoms. The smallest absolute Gasteiger partial charge is 0.409 e. The number of ether oxygens (including phenoxy) is 1. The lowest BCUT2D eigenvalue weighted by Crippen LogP contribution is -2.44. The summed E-state index contributed by atoms with van der Waals surface area (Å²) in [5.74, 6) is -0.0569. The molecular weight excluding hydrogens is 474 g/mol. The summed E-state index contributed by atoms with van der Waals surface area (Å²) in [5, 5.41) is 17.5. The molecule has 1 saturated carbocycles. The Hall–Kier alpha value is -3.79. The molecule has 0 radical (unpaired) electrons. The van der Waals surface area contributed by atoms with Crippen molar-refractivity contribution in [2.45, 2.75) is 44.8 Å². The summed E-state index contributed by atoms with van der Waals surface area (Å²) in [4.78, 5) is 40.6. The van der Waals surface area contributed by atoms with Crippen LogP contribution >= 0.6 is 0 Å². The highest BCUT2D eigenvalue weighted by Crippen LogP contribution is 2.41. The Morgan fingerprint density at radius 1 is 0.973 bits per heavy atom. The van der Waals surface area contributed by atoms with Gasteiger partial charge in [0, 0.05) is 49.4 Å². The molecule has 2 fully saturated rings. The highest BCUT2D eigenvalue weighted by molar-refractivity contribution is 6.06. The van der Waals surface area contributed by atoms with E-state index in [-0.39, 0.29) is 17.9 Å². The van der Waals surface area contributed by atoms with Crippen LogP contribution < -0.4 is 20.9 Å². The van der Waals surface area contributed by atoms with Crippen molar-refractivity contribution in [1.82, 2.24) is 10.2 Å². The molecule has 1 heterocycles. The number of amides is 3. The fourth-order valence-corrected chi connectivity index (χ4v) is 4.40. The average Bonchev–Trinajstić information content (AvgIpc) is 3.57. The lowest BCUT2D eigenvalue weighted by atomic mass is 10.1. The molecule has 10 nitrogen and oxygen atoms in total. The van der Waals surface area contributed by atoms with Crippen LogP contribution in [0.25, 0.3) is 0 Å². The second kappa shape index (κ2) is 10.7. The number of likely N-dealkylation sites (N-methyl/N-ethyl adjacent to an activating group) is 1. The predicted molar refractivity (Wildman–Crippen MR) is 143 cm³/mol. The molecule has 2 aromatic rings. The van der Waals surface area contributed by atoms with Crippen LogP contribution in [0, 0.1) is 0 Å². The van der Waals surface area contributed by atoms with Gasteiger partial charge in [0.05, 0.1) is 11.4 Å². The van der Waals surface area contributed by atoms with Gasteiger partial charge in [-0.3, -0.25) is 10.1 Å². The molecule has 198 valence electrons. The van der Waals surface area contributed by atoms with E-state index in [4.69, 9.17) is 4.74 Å². The van der Waals surface area contributed by atoms with Crippen LogP contribution in [0.4, 0.5) is 26.7 Å². The van der Waals surface area contributed by atoms with Crippen LogP contribution in [0.15, 0.2) is 42.5 Å². The van der Waals surface area contributed by atoms with E-state index in [9.17, 15) is 19.5 Å². The maximum absolute atomic E-state index is 13.0. The molecule has 3 amide bonds. The van der Waals surface area contributed by atoms with Gasteiger partial charge in [0.2, 0.25) is 0 Å². The summed E-state index contributed by atoms with van der Waals surface area (Å²) in [6.45, 7) is 8.68. The van der Waals surface area contributed by atoms with Gasteiger partial charge in [-0.1, -0.05) is 12.1 Å². The Morgan fingerprint density at radius 3 is 2.27 bits per heavy atom. The van der Waals surface area contributed by atoms with Crippen LogP contribution in [0.5, 0.6) is 0 Å². The van der Waals surface area contributed by atoms with Crippen molar-refractivity contribution in [2.75, 3.05) is 48.8 Å². The van der Waals surface area contributed by atoms with Crippen molar-refractivity contribution < 1.29 is 24.2 Å². The van der Waals surface area contributed by atoms with Crippen LogP contribution in [0.1, 0.15) is 49.0 Å². The minimum atomic E-state index is -1.15. The van der Waals surface area contributed by atoms with Gasteiger partial charge >= 0.3 is 12.2 Å². The van der Waals surface area contributed by atoms with Crippen LogP contribution in [-0.2, 0) is 4.74 Å². The van der Waals surface area contributed by atoms with Gasteiger partial charge < -0.3 is 30.3 Å². The van der Waals surface area contributed by atoms with Crippen molar-refractivity contribution in [3.8, 4) is 0 Å². The Bertz CT molecular complexity index is 1150. The number of alkyl carbamates (subject to hydrolysis) is 1. The van der Waals surface area contributed by atoms with E-state index in [0.717, 1.165) is 38.2 Å². The number of rotatable bonds is 6. The summed E-state index contributed by atoms with van der Waals surface area (Å²) < 4.78 is 5.32. The standard InChI is InChI=1S/C27H35N5O5/c1-27(2,3)37-26(36)30-22-16-20(22)17-5-8-19(9-6-17)28-24(33)18-7-10-21(29-25(34)35)23(15-18)32-13-11-31(4)12-14-32/h5-10,15,20,22,29H,11-14,16H2,1-4H3,(H,28,33)(H,30,36)(H,34,35)/t20-,22+/m0/s1. The zero-order valence-corrected chi connectivity index (χ0v) is 21.7. The fraction of sp³-hybridized carbons (Fsp3) is 0.444. The van der Waals surface area contributed by atoms with Gasteiger partial charge in [-0.25, -0.2) is 9.59 Å². The van der Waals surface area contributed by atoms with Gasteiger partial charge in [0.15, 0.2) is 0 Å². The predicted octanol–water partition coefficient (Wildman–Crippen LogP) is 4.16. The number of nitrogens with zero attached hydrogens (tertiary/aromatic N) is 2. The summed E-state index contributed by atoms with van der Waals surface area (Å²) in [5.41, 5.74) is 2.79. The van der Waals surface area contributed by atoms with E-state index in [1.807, 2.05) is 52.1 Å². The van der Waals surface area contributed by atoms with Crippen LogP contribution in [0.3, 0.4) is 0 Å². The molecule has 2 aromatic carbocycles. The largest absolute Gasteiger partial charge is 0.465 e. The molecule has 4 rings (SSSR count). The van der Waals surface area contributed by atoms with Crippen molar-refractivity contribution in [3.05, 3.63) is 53.6 Å². The zero-order chi connectivity index (χ0) is 26.7. The molecule has 0 spiro atoms. The Balaban J connectivity index is 1.39. The quantitative estimate of drug-likeness (QED) is 0.461. The number of anilines is 3. The minimum Gasteiger partial charge on any atom is -0.465 e. The number of piperazine rings is 1. The van der Waals surface area contributed by atoms with E-state index in [0.29, 0.717) is 22.6 Å². The van der Waals surface area contributed by atoms with Gasteiger partial charge in [-0.05, 0) is 70.1 Å². The summed E-state index contributed by atoms with van der Waals surface area (Å²) >= 11 is 0. The molecule has 0 unspecified atom stereocenters. The normalized spacial score (nSPS) is 19.6. The monoisotopic (exact) mass is 509 g/mol. The first-order valence-corrected chi connectivity index (χ1v) is 12.5. The molecule has 1 aliphatic heterocycles. The Labute approximate surface area is 217 Å². The van der Waals surface area contributed by atoms with Crippen molar-refractivity contribution in [1.29, 1.82) is 0 Å². The number of carbonyl (C=O) groups is 3. The van der Waals surface area contributed by atoms with Crippen LogP contribution in [0.2, 0.25) is 0 Å². The van der Waals surface area contributed by atoms with E-state index < -0.39 is 17.8 Å². The number of hydrogen-bond donors (Lipinski definition) is 4. The molecule has 0 aromatic heterocycles. The molecule has 10 heteroatoms. The van der Waals surface area contributed by atoms with Crippen LogP contribution in [-0.4, -0.2) is 73.0 Å². The lowest BCUT2D eigenvalue weighted by Gasteiger charge is -2.35. The van der Waals surface area contributed by atoms with Crippen molar-refractivity contribution in [2.24, 2.45) is 0 Å². The molecule has 1 aliphatic carbocycles. The first kappa shape index (κ1) is 26.3.